The minimum Gasteiger partial charge on any atom is -0.326 e. The molecule has 0 radical (unpaired) electrons. The van der Waals surface area contributed by atoms with Gasteiger partial charge in [0, 0.05) is 18.7 Å². The third-order valence-corrected chi connectivity index (χ3v) is 2.94. The van der Waals surface area contributed by atoms with Crippen molar-refractivity contribution in [1.82, 2.24) is 0 Å². The SMILES string of the molecule is CC(CC(=O)Nc1cccc(CN)c1)CC(C)(C)C. The van der Waals surface area contributed by atoms with Gasteiger partial charge in [-0.3, -0.25) is 4.79 Å². The van der Waals surface area contributed by atoms with E-state index in [-0.39, 0.29) is 11.3 Å². The van der Waals surface area contributed by atoms with Crippen molar-refractivity contribution in [3.63, 3.8) is 0 Å². The van der Waals surface area contributed by atoms with Gasteiger partial charge in [0.2, 0.25) is 5.91 Å². The van der Waals surface area contributed by atoms with Gasteiger partial charge in [0.1, 0.15) is 0 Å². The number of rotatable bonds is 5. The molecule has 0 aliphatic rings. The van der Waals surface area contributed by atoms with Crippen molar-refractivity contribution < 1.29 is 4.79 Å². The predicted octanol–water partition coefficient (Wildman–Crippen LogP) is 3.55. The number of benzene rings is 1. The molecular weight excluding hydrogens is 236 g/mol. The van der Waals surface area contributed by atoms with Gasteiger partial charge in [0.15, 0.2) is 0 Å². The molecule has 0 aromatic heterocycles. The molecule has 0 bridgehead atoms. The van der Waals surface area contributed by atoms with Crippen LogP contribution in [0.2, 0.25) is 0 Å². The number of nitrogens with one attached hydrogen (secondary N) is 1. The summed E-state index contributed by atoms with van der Waals surface area (Å²) in [7, 11) is 0. The Morgan fingerprint density at radius 2 is 2.05 bits per heavy atom. The molecular formula is C16H26N2O. The summed E-state index contributed by atoms with van der Waals surface area (Å²) >= 11 is 0. The largest absolute Gasteiger partial charge is 0.326 e. The molecule has 1 atom stereocenters. The van der Waals surface area contributed by atoms with Gasteiger partial charge in [0.25, 0.3) is 0 Å². The van der Waals surface area contributed by atoms with Gasteiger partial charge in [-0.05, 0) is 35.4 Å². The first-order valence-corrected chi connectivity index (χ1v) is 6.89. The Morgan fingerprint density at radius 1 is 1.37 bits per heavy atom. The molecule has 0 saturated heterocycles. The van der Waals surface area contributed by atoms with E-state index in [1.165, 1.54) is 0 Å². The molecule has 0 saturated carbocycles. The number of nitrogens with two attached hydrogens (primary N) is 1. The molecule has 3 N–H and O–H groups in total. The van der Waals surface area contributed by atoms with Crippen LogP contribution in [0, 0.1) is 11.3 Å². The van der Waals surface area contributed by atoms with E-state index in [2.05, 4.69) is 33.0 Å². The van der Waals surface area contributed by atoms with Gasteiger partial charge in [-0.25, -0.2) is 0 Å². The van der Waals surface area contributed by atoms with Crippen LogP contribution in [0.25, 0.3) is 0 Å². The Bertz CT molecular complexity index is 421. The summed E-state index contributed by atoms with van der Waals surface area (Å²) in [6, 6.07) is 7.69. The van der Waals surface area contributed by atoms with Crippen molar-refractivity contribution >= 4 is 11.6 Å². The minimum atomic E-state index is 0.0749. The number of anilines is 1. The lowest BCUT2D eigenvalue weighted by Gasteiger charge is -2.22. The Balaban J connectivity index is 2.50. The fourth-order valence-electron chi connectivity index (χ4n) is 2.42. The average Bonchev–Trinajstić information content (AvgIpc) is 2.26. The molecule has 19 heavy (non-hydrogen) atoms. The highest BCUT2D eigenvalue weighted by molar-refractivity contribution is 5.90. The lowest BCUT2D eigenvalue weighted by molar-refractivity contribution is -0.117. The molecule has 0 heterocycles. The van der Waals surface area contributed by atoms with Crippen LogP contribution >= 0.6 is 0 Å². The van der Waals surface area contributed by atoms with Crippen molar-refractivity contribution in [2.24, 2.45) is 17.1 Å². The van der Waals surface area contributed by atoms with Gasteiger partial charge < -0.3 is 11.1 Å². The van der Waals surface area contributed by atoms with Crippen molar-refractivity contribution in [2.75, 3.05) is 5.32 Å². The maximum atomic E-state index is 12.0. The van der Waals surface area contributed by atoms with Gasteiger partial charge in [0.05, 0.1) is 0 Å². The first-order valence-electron chi connectivity index (χ1n) is 6.89. The van der Waals surface area contributed by atoms with Gasteiger partial charge in [-0.2, -0.15) is 0 Å². The second-order valence-corrected chi connectivity index (χ2v) is 6.53. The van der Waals surface area contributed by atoms with Crippen LogP contribution in [-0.4, -0.2) is 5.91 Å². The van der Waals surface area contributed by atoms with Crippen LogP contribution in [0.5, 0.6) is 0 Å². The monoisotopic (exact) mass is 262 g/mol. The smallest absolute Gasteiger partial charge is 0.224 e. The van der Waals surface area contributed by atoms with Crippen molar-refractivity contribution in [3.05, 3.63) is 29.8 Å². The van der Waals surface area contributed by atoms with E-state index in [4.69, 9.17) is 5.73 Å². The maximum absolute atomic E-state index is 12.0. The Hall–Kier alpha value is -1.35. The van der Waals surface area contributed by atoms with Gasteiger partial charge in [-0.1, -0.05) is 39.8 Å². The number of hydrogen-bond donors (Lipinski definition) is 2. The molecule has 3 heteroatoms. The fourth-order valence-corrected chi connectivity index (χ4v) is 2.42. The summed E-state index contributed by atoms with van der Waals surface area (Å²) in [5.74, 6) is 0.462. The summed E-state index contributed by atoms with van der Waals surface area (Å²) in [6.07, 6.45) is 1.60. The summed E-state index contributed by atoms with van der Waals surface area (Å²) in [5.41, 5.74) is 7.71. The topological polar surface area (TPSA) is 55.1 Å². The first kappa shape index (κ1) is 15.7. The highest BCUT2D eigenvalue weighted by Gasteiger charge is 2.17. The summed E-state index contributed by atoms with van der Waals surface area (Å²) in [5, 5.41) is 2.94. The van der Waals surface area contributed by atoms with E-state index in [0.29, 0.717) is 18.9 Å². The highest BCUT2D eigenvalue weighted by Crippen LogP contribution is 2.26. The molecule has 0 fully saturated rings. The number of hydrogen-bond acceptors (Lipinski definition) is 2. The third kappa shape index (κ3) is 6.39. The molecule has 1 rings (SSSR count). The standard InChI is InChI=1S/C16H26N2O/c1-12(10-16(2,3)4)8-15(19)18-14-7-5-6-13(9-14)11-17/h5-7,9,12H,8,10-11,17H2,1-4H3,(H,18,19). The second kappa shape index (κ2) is 6.71. The fraction of sp³-hybridized carbons (Fsp3) is 0.562. The summed E-state index contributed by atoms with van der Waals surface area (Å²) < 4.78 is 0. The second-order valence-electron chi connectivity index (χ2n) is 6.53. The molecule has 0 spiro atoms. The van der Waals surface area contributed by atoms with Gasteiger partial charge in [-0.15, -0.1) is 0 Å². The number of carbonyl (C=O) groups is 1. The van der Waals surface area contributed by atoms with Crippen LogP contribution in [-0.2, 0) is 11.3 Å². The van der Waals surface area contributed by atoms with E-state index in [9.17, 15) is 4.79 Å². The van der Waals surface area contributed by atoms with E-state index in [1.807, 2.05) is 24.3 Å². The molecule has 1 unspecified atom stereocenters. The zero-order valence-corrected chi connectivity index (χ0v) is 12.5. The molecule has 1 amide bonds. The lowest BCUT2D eigenvalue weighted by atomic mass is 9.84. The van der Waals surface area contributed by atoms with Gasteiger partial charge >= 0.3 is 0 Å². The molecule has 1 aromatic rings. The molecule has 3 nitrogen and oxygen atoms in total. The zero-order valence-electron chi connectivity index (χ0n) is 12.5. The third-order valence-electron chi connectivity index (χ3n) is 2.94. The Labute approximate surface area is 116 Å². The number of amides is 1. The van der Waals surface area contributed by atoms with E-state index < -0.39 is 0 Å². The van der Waals surface area contributed by atoms with Crippen LogP contribution in [0.3, 0.4) is 0 Å². The predicted molar refractivity (Wildman–Crippen MR) is 80.8 cm³/mol. The van der Waals surface area contributed by atoms with Crippen LogP contribution in [0.4, 0.5) is 5.69 Å². The molecule has 0 aliphatic heterocycles. The first-order chi connectivity index (χ1) is 8.80. The van der Waals surface area contributed by atoms with E-state index in [0.717, 1.165) is 17.7 Å². The van der Waals surface area contributed by atoms with Crippen LogP contribution in [0.1, 0.15) is 46.1 Å². The van der Waals surface area contributed by atoms with Crippen molar-refractivity contribution in [3.8, 4) is 0 Å². The van der Waals surface area contributed by atoms with Crippen LogP contribution < -0.4 is 11.1 Å². The quantitative estimate of drug-likeness (QED) is 0.852. The summed E-state index contributed by atoms with van der Waals surface area (Å²) in [4.78, 5) is 12.0. The minimum absolute atomic E-state index is 0.0749. The average molecular weight is 262 g/mol. The normalized spacial score (nSPS) is 13.1. The lowest BCUT2D eigenvalue weighted by Crippen LogP contribution is -2.19. The van der Waals surface area contributed by atoms with Crippen LogP contribution in [0.15, 0.2) is 24.3 Å². The van der Waals surface area contributed by atoms with Crippen molar-refractivity contribution in [1.29, 1.82) is 0 Å². The number of carbonyl (C=O) groups excluding carboxylic acids is 1. The molecule has 0 aliphatic carbocycles. The Kier molecular flexibility index (Phi) is 5.55. The maximum Gasteiger partial charge on any atom is 0.224 e. The van der Waals surface area contributed by atoms with E-state index in [1.54, 1.807) is 0 Å². The van der Waals surface area contributed by atoms with Crippen molar-refractivity contribution in [2.45, 2.75) is 47.1 Å². The molecule has 106 valence electrons. The highest BCUT2D eigenvalue weighted by atomic mass is 16.1. The summed E-state index contributed by atoms with van der Waals surface area (Å²) in [6.45, 7) is 9.22. The molecule has 1 aromatic carbocycles. The zero-order chi connectivity index (χ0) is 14.5. The van der Waals surface area contributed by atoms with E-state index >= 15 is 0 Å². The Morgan fingerprint density at radius 3 is 2.63 bits per heavy atom.